The lowest BCUT2D eigenvalue weighted by Gasteiger charge is -2.15. The topological polar surface area (TPSA) is 69.4 Å². The summed E-state index contributed by atoms with van der Waals surface area (Å²) in [5.74, 6) is 0.688. The molecule has 0 aromatic heterocycles. The van der Waals surface area contributed by atoms with Crippen LogP contribution >= 0.6 is 0 Å². The Morgan fingerprint density at radius 2 is 2.00 bits per heavy atom. The molecule has 0 amide bonds. The van der Waals surface area contributed by atoms with Crippen molar-refractivity contribution in [1.82, 2.24) is 0 Å². The van der Waals surface area contributed by atoms with Gasteiger partial charge in [0.2, 0.25) is 0 Å². The maximum atomic E-state index is 11.0. The molecule has 4 nitrogen and oxygen atoms in total. The Hall–Kier alpha value is -1.07. The standard InChI is InChI=1S/C12H19NO3S/c1-3-11(13)10-6-4-5-7-12(10)16-8-9-17(2,14)15/h4-7,11H,3,8-9,13H2,1-2H3/t11-/m0/s1. The van der Waals surface area contributed by atoms with Gasteiger partial charge in [0.1, 0.15) is 12.4 Å². The highest BCUT2D eigenvalue weighted by molar-refractivity contribution is 7.90. The number of ether oxygens (including phenoxy) is 1. The fourth-order valence-corrected chi connectivity index (χ4v) is 1.83. The van der Waals surface area contributed by atoms with Crippen LogP contribution in [0.2, 0.25) is 0 Å². The van der Waals surface area contributed by atoms with Crippen LogP contribution < -0.4 is 10.5 Å². The van der Waals surface area contributed by atoms with Crippen LogP contribution in [0.3, 0.4) is 0 Å². The van der Waals surface area contributed by atoms with Crippen LogP contribution in [0.5, 0.6) is 5.75 Å². The van der Waals surface area contributed by atoms with Crippen LogP contribution in [0.1, 0.15) is 24.9 Å². The van der Waals surface area contributed by atoms with Gasteiger partial charge in [0.15, 0.2) is 9.84 Å². The molecule has 1 aromatic carbocycles. The lowest BCUT2D eigenvalue weighted by Crippen LogP contribution is -2.15. The van der Waals surface area contributed by atoms with E-state index in [1.807, 2.05) is 31.2 Å². The number of sulfone groups is 1. The van der Waals surface area contributed by atoms with Crippen LogP contribution in [-0.4, -0.2) is 27.0 Å². The summed E-state index contributed by atoms with van der Waals surface area (Å²) in [4.78, 5) is 0. The van der Waals surface area contributed by atoms with Gasteiger partial charge < -0.3 is 10.5 Å². The highest BCUT2D eigenvalue weighted by atomic mass is 32.2. The molecule has 0 fully saturated rings. The third kappa shape index (κ3) is 4.75. The van der Waals surface area contributed by atoms with Gasteiger partial charge in [-0.25, -0.2) is 8.42 Å². The predicted molar refractivity (Wildman–Crippen MR) is 68.9 cm³/mol. The van der Waals surface area contributed by atoms with E-state index in [2.05, 4.69) is 0 Å². The molecular formula is C12H19NO3S. The molecule has 0 aliphatic carbocycles. The van der Waals surface area contributed by atoms with Crippen molar-refractivity contribution in [2.45, 2.75) is 19.4 Å². The van der Waals surface area contributed by atoms with E-state index in [1.54, 1.807) is 0 Å². The minimum Gasteiger partial charge on any atom is -0.492 e. The zero-order valence-corrected chi connectivity index (χ0v) is 11.0. The molecule has 0 saturated heterocycles. The van der Waals surface area contributed by atoms with Gasteiger partial charge in [0.05, 0.1) is 5.75 Å². The minimum atomic E-state index is -2.99. The molecule has 17 heavy (non-hydrogen) atoms. The molecule has 1 atom stereocenters. The summed E-state index contributed by atoms with van der Waals surface area (Å²) < 4.78 is 27.5. The summed E-state index contributed by atoms with van der Waals surface area (Å²) in [6.45, 7) is 2.16. The molecule has 0 heterocycles. The van der Waals surface area contributed by atoms with Crippen LogP contribution in [-0.2, 0) is 9.84 Å². The van der Waals surface area contributed by atoms with Crippen molar-refractivity contribution < 1.29 is 13.2 Å². The van der Waals surface area contributed by atoms with Crippen LogP contribution in [0, 0.1) is 0 Å². The van der Waals surface area contributed by atoms with Crippen molar-refractivity contribution in [1.29, 1.82) is 0 Å². The third-order valence-corrected chi connectivity index (χ3v) is 3.38. The van der Waals surface area contributed by atoms with Crippen molar-refractivity contribution in [2.24, 2.45) is 5.73 Å². The number of hydrogen-bond donors (Lipinski definition) is 1. The van der Waals surface area contributed by atoms with Crippen molar-refractivity contribution in [3.8, 4) is 5.75 Å². The van der Waals surface area contributed by atoms with E-state index in [0.717, 1.165) is 12.0 Å². The molecular weight excluding hydrogens is 238 g/mol. The van der Waals surface area contributed by atoms with Gasteiger partial charge in [-0.1, -0.05) is 25.1 Å². The molecule has 0 aliphatic rings. The average Bonchev–Trinajstić information content (AvgIpc) is 2.27. The zero-order chi connectivity index (χ0) is 12.9. The molecule has 0 radical (unpaired) electrons. The predicted octanol–water partition coefficient (Wildman–Crippen LogP) is 1.52. The van der Waals surface area contributed by atoms with E-state index in [0.29, 0.717) is 5.75 Å². The maximum absolute atomic E-state index is 11.0. The first-order valence-corrected chi connectivity index (χ1v) is 7.65. The van der Waals surface area contributed by atoms with Crippen LogP contribution in [0.15, 0.2) is 24.3 Å². The monoisotopic (exact) mass is 257 g/mol. The minimum absolute atomic E-state index is 0.0166. The Bertz CT molecular complexity index is 457. The van der Waals surface area contributed by atoms with E-state index in [4.69, 9.17) is 10.5 Å². The first-order chi connectivity index (χ1) is 7.94. The van der Waals surface area contributed by atoms with Crippen molar-refractivity contribution in [2.75, 3.05) is 18.6 Å². The Morgan fingerprint density at radius 3 is 2.59 bits per heavy atom. The van der Waals surface area contributed by atoms with Crippen LogP contribution in [0.25, 0.3) is 0 Å². The fraction of sp³-hybridized carbons (Fsp3) is 0.500. The summed E-state index contributed by atoms with van der Waals surface area (Å²) in [5, 5.41) is 0. The molecule has 1 aromatic rings. The Balaban J connectivity index is 2.70. The Kier molecular flexibility index (Phi) is 4.96. The highest BCUT2D eigenvalue weighted by Crippen LogP contribution is 2.25. The summed E-state index contributed by atoms with van der Waals surface area (Å²) in [5.41, 5.74) is 6.87. The SMILES string of the molecule is CC[C@H](N)c1ccccc1OCCS(C)(=O)=O. The second-order valence-electron chi connectivity index (χ2n) is 4.03. The van der Waals surface area contributed by atoms with Gasteiger partial charge >= 0.3 is 0 Å². The average molecular weight is 257 g/mol. The molecule has 5 heteroatoms. The number of benzene rings is 1. The molecule has 2 N–H and O–H groups in total. The second-order valence-corrected chi connectivity index (χ2v) is 6.29. The maximum Gasteiger partial charge on any atom is 0.150 e. The summed E-state index contributed by atoms with van der Waals surface area (Å²) in [6.07, 6.45) is 2.01. The van der Waals surface area contributed by atoms with E-state index in [-0.39, 0.29) is 18.4 Å². The lowest BCUT2D eigenvalue weighted by atomic mass is 10.0. The van der Waals surface area contributed by atoms with E-state index < -0.39 is 9.84 Å². The third-order valence-electron chi connectivity index (χ3n) is 2.47. The first-order valence-electron chi connectivity index (χ1n) is 5.59. The van der Waals surface area contributed by atoms with E-state index in [1.165, 1.54) is 6.26 Å². The molecule has 0 saturated carbocycles. The van der Waals surface area contributed by atoms with E-state index in [9.17, 15) is 8.42 Å². The first kappa shape index (κ1) is 14.0. The Labute approximate surface area is 103 Å². The molecule has 1 rings (SSSR count). The van der Waals surface area contributed by atoms with Gasteiger partial charge in [-0.15, -0.1) is 0 Å². The highest BCUT2D eigenvalue weighted by Gasteiger charge is 2.10. The summed E-state index contributed by atoms with van der Waals surface area (Å²) in [6, 6.07) is 7.39. The zero-order valence-electron chi connectivity index (χ0n) is 10.2. The van der Waals surface area contributed by atoms with Crippen molar-refractivity contribution in [3.05, 3.63) is 29.8 Å². The molecule has 0 bridgehead atoms. The fourth-order valence-electron chi connectivity index (χ4n) is 1.44. The van der Waals surface area contributed by atoms with Gasteiger partial charge in [0.25, 0.3) is 0 Å². The van der Waals surface area contributed by atoms with Crippen molar-refractivity contribution >= 4 is 9.84 Å². The molecule has 0 unspecified atom stereocenters. The molecule has 0 aliphatic heterocycles. The van der Waals surface area contributed by atoms with Gasteiger partial charge in [0, 0.05) is 17.9 Å². The number of nitrogens with two attached hydrogens (primary N) is 1. The number of para-hydroxylation sites is 1. The summed E-state index contributed by atoms with van der Waals surface area (Å²) >= 11 is 0. The van der Waals surface area contributed by atoms with E-state index >= 15 is 0 Å². The Morgan fingerprint density at radius 1 is 1.35 bits per heavy atom. The lowest BCUT2D eigenvalue weighted by molar-refractivity contribution is 0.334. The van der Waals surface area contributed by atoms with Crippen LogP contribution in [0.4, 0.5) is 0 Å². The summed E-state index contributed by atoms with van der Waals surface area (Å²) in [7, 11) is -2.99. The molecule has 96 valence electrons. The number of hydrogen-bond acceptors (Lipinski definition) is 4. The normalized spacial score (nSPS) is 13.4. The van der Waals surface area contributed by atoms with Crippen molar-refractivity contribution in [3.63, 3.8) is 0 Å². The number of rotatable bonds is 6. The second kappa shape index (κ2) is 6.02. The largest absolute Gasteiger partial charge is 0.492 e. The van der Waals surface area contributed by atoms with Gasteiger partial charge in [-0.2, -0.15) is 0 Å². The molecule has 0 spiro atoms. The van der Waals surface area contributed by atoms with Gasteiger partial charge in [-0.05, 0) is 12.5 Å². The van der Waals surface area contributed by atoms with Gasteiger partial charge in [-0.3, -0.25) is 0 Å². The smallest absolute Gasteiger partial charge is 0.150 e. The quantitative estimate of drug-likeness (QED) is 0.839.